The highest BCUT2D eigenvalue weighted by atomic mass is 32.2. The van der Waals surface area contributed by atoms with E-state index in [0.717, 1.165) is 15.9 Å². The van der Waals surface area contributed by atoms with E-state index in [1.54, 1.807) is 13.1 Å². The first-order chi connectivity index (χ1) is 12.1. The number of hydrogen-bond donors (Lipinski definition) is 2. The fourth-order valence-electron chi connectivity index (χ4n) is 2.09. The van der Waals surface area contributed by atoms with Gasteiger partial charge in [-0.05, 0) is 19.1 Å². The van der Waals surface area contributed by atoms with E-state index in [2.05, 4.69) is 20.3 Å². The minimum Gasteiger partial charge on any atom is -0.466 e. The number of nitrogens with zero attached hydrogens (tertiary/aromatic N) is 2. The molecule has 0 unspecified atom stereocenters. The third-order valence-corrected chi connectivity index (χ3v) is 4.92. The van der Waals surface area contributed by atoms with Crippen molar-refractivity contribution in [2.45, 2.75) is 18.5 Å². The molecule has 3 aromatic rings. The van der Waals surface area contributed by atoms with Gasteiger partial charge in [-0.25, -0.2) is 9.97 Å². The summed E-state index contributed by atoms with van der Waals surface area (Å²) < 4.78 is 4.89. The summed E-state index contributed by atoms with van der Waals surface area (Å²) in [6.07, 6.45) is 1.73. The Morgan fingerprint density at radius 1 is 1.36 bits per heavy atom. The highest BCUT2D eigenvalue weighted by Crippen LogP contribution is 2.21. The summed E-state index contributed by atoms with van der Waals surface area (Å²) in [4.78, 5) is 35.9. The van der Waals surface area contributed by atoms with Gasteiger partial charge in [-0.2, -0.15) is 0 Å². The quantitative estimate of drug-likeness (QED) is 0.486. The van der Waals surface area contributed by atoms with E-state index >= 15 is 0 Å². The molecule has 1 amide bonds. The summed E-state index contributed by atoms with van der Waals surface area (Å²) in [5.74, 6) is -0.265. The van der Waals surface area contributed by atoms with Gasteiger partial charge in [0.2, 0.25) is 5.91 Å². The molecule has 25 heavy (non-hydrogen) atoms. The molecule has 0 aliphatic carbocycles. The second-order valence-corrected chi connectivity index (χ2v) is 7.09. The van der Waals surface area contributed by atoms with Crippen LogP contribution in [-0.4, -0.2) is 39.2 Å². The van der Waals surface area contributed by atoms with Crippen LogP contribution < -0.4 is 5.32 Å². The van der Waals surface area contributed by atoms with Gasteiger partial charge in [0.05, 0.1) is 29.8 Å². The molecule has 2 heterocycles. The van der Waals surface area contributed by atoms with Crippen molar-refractivity contribution in [2.75, 3.05) is 17.7 Å². The van der Waals surface area contributed by atoms with E-state index in [4.69, 9.17) is 4.74 Å². The molecule has 0 fully saturated rings. The van der Waals surface area contributed by atoms with Gasteiger partial charge in [0.1, 0.15) is 0 Å². The summed E-state index contributed by atoms with van der Waals surface area (Å²) >= 11 is 2.59. The van der Waals surface area contributed by atoms with Gasteiger partial charge < -0.3 is 15.0 Å². The first-order valence-electron chi connectivity index (χ1n) is 7.61. The number of amides is 1. The lowest BCUT2D eigenvalue weighted by molar-refractivity contribution is -0.142. The maximum absolute atomic E-state index is 12.0. The largest absolute Gasteiger partial charge is 0.466 e. The number of esters is 1. The number of aromatic amines is 1. The first-order valence-corrected chi connectivity index (χ1v) is 9.42. The van der Waals surface area contributed by atoms with Gasteiger partial charge in [-0.3, -0.25) is 9.59 Å². The molecule has 1 aromatic carbocycles. The molecule has 0 saturated carbocycles. The Hall–Kier alpha value is -2.39. The third kappa shape index (κ3) is 4.80. The molecule has 9 heteroatoms. The number of benzene rings is 1. The van der Waals surface area contributed by atoms with E-state index in [0.29, 0.717) is 16.9 Å². The molecule has 0 aliphatic heterocycles. The number of thiazole rings is 1. The van der Waals surface area contributed by atoms with Crippen LogP contribution in [0.2, 0.25) is 0 Å². The Balaban J connectivity index is 1.50. The van der Waals surface area contributed by atoms with Crippen LogP contribution in [0.4, 0.5) is 5.13 Å². The zero-order valence-corrected chi connectivity index (χ0v) is 15.1. The van der Waals surface area contributed by atoms with Gasteiger partial charge in [0.15, 0.2) is 10.3 Å². The number of carbonyl (C=O) groups excluding carboxylic acids is 2. The molecule has 0 bridgehead atoms. The number of ether oxygens (including phenoxy) is 1. The Morgan fingerprint density at radius 2 is 2.20 bits per heavy atom. The highest BCUT2D eigenvalue weighted by molar-refractivity contribution is 7.99. The van der Waals surface area contributed by atoms with Gasteiger partial charge in [0, 0.05) is 11.1 Å². The minimum absolute atomic E-state index is 0.162. The van der Waals surface area contributed by atoms with Crippen molar-refractivity contribution in [3.8, 4) is 0 Å². The Kier molecular flexibility index (Phi) is 5.67. The number of thioether (sulfide) groups is 1. The van der Waals surface area contributed by atoms with Crippen molar-refractivity contribution in [3.05, 3.63) is 35.3 Å². The van der Waals surface area contributed by atoms with Crippen LogP contribution in [0.3, 0.4) is 0 Å². The van der Waals surface area contributed by atoms with Gasteiger partial charge in [-0.1, -0.05) is 23.9 Å². The molecule has 7 nitrogen and oxygen atoms in total. The molecular weight excluding hydrogens is 360 g/mol. The summed E-state index contributed by atoms with van der Waals surface area (Å²) in [5.41, 5.74) is 1.81. The number of fused-ring (bicyclic) bond motifs is 1. The molecule has 0 radical (unpaired) electrons. The molecular formula is C16H16N4O3S2. The summed E-state index contributed by atoms with van der Waals surface area (Å²) in [5, 5.41) is 3.89. The maximum atomic E-state index is 12.0. The number of hydrogen-bond acceptors (Lipinski definition) is 7. The van der Waals surface area contributed by atoms with Crippen molar-refractivity contribution in [3.63, 3.8) is 0 Å². The molecule has 0 saturated heterocycles. The van der Waals surface area contributed by atoms with E-state index < -0.39 is 0 Å². The standard InChI is InChI=1S/C16H16N4O3S2/c1-2-23-14(22)7-10-8-17-15(25-10)20-13(21)9-24-16-18-11-5-3-4-6-12(11)19-16/h3-6,8H,2,7,9H2,1H3,(H,18,19)(H,17,20,21). The average Bonchev–Trinajstić information content (AvgIpc) is 3.19. The predicted octanol–water partition coefficient (Wildman–Crippen LogP) is 2.86. The monoisotopic (exact) mass is 376 g/mol. The maximum Gasteiger partial charge on any atom is 0.311 e. The number of rotatable bonds is 7. The normalized spacial score (nSPS) is 10.8. The topological polar surface area (TPSA) is 97.0 Å². The van der Waals surface area contributed by atoms with E-state index in [9.17, 15) is 9.59 Å². The fraction of sp³-hybridized carbons (Fsp3) is 0.250. The van der Waals surface area contributed by atoms with Crippen LogP contribution in [0.15, 0.2) is 35.6 Å². The minimum atomic E-state index is -0.301. The highest BCUT2D eigenvalue weighted by Gasteiger charge is 2.11. The molecule has 2 aromatic heterocycles. The lowest BCUT2D eigenvalue weighted by atomic mass is 10.3. The Bertz CT molecular complexity index is 857. The van der Waals surface area contributed by atoms with E-state index in [1.807, 2.05) is 24.3 Å². The van der Waals surface area contributed by atoms with Gasteiger partial charge in [0.25, 0.3) is 0 Å². The second kappa shape index (κ2) is 8.13. The number of carbonyl (C=O) groups is 2. The zero-order valence-electron chi connectivity index (χ0n) is 13.4. The van der Waals surface area contributed by atoms with E-state index in [1.165, 1.54) is 23.1 Å². The van der Waals surface area contributed by atoms with Crippen molar-refractivity contribution in [2.24, 2.45) is 0 Å². The van der Waals surface area contributed by atoms with E-state index in [-0.39, 0.29) is 24.1 Å². The summed E-state index contributed by atoms with van der Waals surface area (Å²) in [7, 11) is 0. The second-order valence-electron chi connectivity index (χ2n) is 5.01. The fourth-order valence-corrected chi connectivity index (χ4v) is 3.59. The molecule has 3 rings (SSSR count). The van der Waals surface area contributed by atoms with Crippen LogP contribution in [0, 0.1) is 0 Å². The lowest BCUT2D eigenvalue weighted by Gasteiger charge is -2.00. The van der Waals surface area contributed by atoms with Crippen LogP contribution in [0.1, 0.15) is 11.8 Å². The number of imidazole rings is 1. The van der Waals surface area contributed by atoms with Crippen LogP contribution in [-0.2, 0) is 20.7 Å². The SMILES string of the molecule is CCOC(=O)Cc1cnc(NC(=O)CSc2nc3ccccc3[nH]2)s1. The van der Waals surface area contributed by atoms with Crippen molar-refractivity contribution >= 4 is 51.1 Å². The molecule has 0 spiro atoms. The number of nitrogens with one attached hydrogen (secondary N) is 2. The van der Waals surface area contributed by atoms with Crippen LogP contribution >= 0.6 is 23.1 Å². The van der Waals surface area contributed by atoms with Gasteiger partial charge >= 0.3 is 5.97 Å². The summed E-state index contributed by atoms with van der Waals surface area (Å²) in [6.45, 7) is 2.11. The molecule has 0 atom stereocenters. The van der Waals surface area contributed by atoms with Crippen molar-refractivity contribution in [1.29, 1.82) is 0 Å². The van der Waals surface area contributed by atoms with Crippen molar-refractivity contribution < 1.29 is 14.3 Å². The molecule has 0 aliphatic rings. The number of aromatic nitrogens is 3. The Labute approximate surface area is 152 Å². The number of anilines is 1. The van der Waals surface area contributed by atoms with Crippen molar-refractivity contribution in [1.82, 2.24) is 15.0 Å². The zero-order chi connectivity index (χ0) is 17.6. The predicted molar refractivity (Wildman–Crippen MR) is 97.9 cm³/mol. The molecule has 130 valence electrons. The molecule has 2 N–H and O–H groups in total. The number of para-hydroxylation sites is 2. The van der Waals surface area contributed by atoms with Gasteiger partial charge in [-0.15, -0.1) is 11.3 Å². The lowest BCUT2D eigenvalue weighted by Crippen LogP contribution is -2.13. The summed E-state index contributed by atoms with van der Waals surface area (Å²) in [6, 6.07) is 7.70. The third-order valence-electron chi connectivity index (χ3n) is 3.13. The smallest absolute Gasteiger partial charge is 0.311 e. The first kappa shape index (κ1) is 17.4. The Morgan fingerprint density at radius 3 is 3.00 bits per heavy atom. The van der Waals surface area contributed by atoms with Crippen LogP contribution in [0.25, 0.3) is 11.0 Å². The number of H-pyrrole nitrogens is 1. The van der Waals surface area contributed by atoms with Crippen LogP contribution in [0.5, 0.6) is 0 Å². The average molecular weight is 376 g/mol.